The summed E-state index contributed by atoms with van der Waals surface area (Å²) in [4.78, 5) is 45.1. The summed E-state index contributed by atoms with van der Waals surface area (Å²) in [6.07, 6.45) is 10.3. The highest BCUT2D eigenvalue weighted by Crippen LogP contribution is 2.68. The molecule has 2 bridgehead atoms. The topological polar surface area (TPSA) is 87.1 Å². The molecule has 3 saturated heterocycles. The van der Waals surface area contributed by atoms with Crippen LogP contribution in [0.1, 0.15) is 51.4 Å². The summed E-state index contributed by atoms with van der Waals surface area (Å²) in [5.41, 5.74) is 0. The number of esters is 1. The molecule has 3 heterocycles. The molecule has 4 rings (SSSR count). The van der Waals surface area contributed by atoms with E-state index < -0.39 is 22.6 Å². The fraction of sp³-hybridized carbons (Fsp3) is 0.731. The number of hydrogen-bond acceptors (Lipinski definition) is 6. The molecule has 0 aromatic heterocycles. The Hall–Kier alpha value is -1.32. The molecule has 6 atom stereocenters. The Kier molecular flexibility index (Phi) is 8.69. The minimum atomic E-state index is -0.682. The van der Waals surface area contributed by atoms with E-state index in [0.717, 1.165) is 25.7 Å². The first kappa shape index (κ1) is 26.7. The maximum Gasteiger partial charge on any atom is 0.310 e. The van der Waals surface area contributed by atoms with Gasteiger partial charge in [0.25, 0.3) is 0 Å². The van der Waals surface area contributed by atoms with Gasteiger partial charge in [-0.3, -0.25) is 14.4 Å². The largest absolute Gasteiger partial charge is 0.465 e. The fourth-order valence-electron chi connectivity index (χ4n) is 6.61. The van der Waals surface area contributed by atoms with Gasteiger partial charge in [0.15, 0.2) is 0 Å². The van der Waals surface area contributed by atoms with Crippen LogP contribution in [0, 0.1) is 11.8 Å². The molecule has 1 spiro atoms. The molecule has 194 valence electrons. The second-order valence-electron chi connectivity index (χ2n) is 10.1. The molecule has 2 amide bonds. The van der Waals surface area contributed by atoms with E-state index in [9.17, 15) is 19.5 Å². The zero-order valence-electron chi connectivity index (χ0n) is 20.3. The molecule has 0 radical (unpaired) electrons. The van der Waals surface area contributed by atoms with E-state index >= 15 is 0 Å². The lowest BCUT2D eigenvalue weighted by molar-refractivity contribution is -0.154. The molecule has 4 aliphatic rings. The van der Waals surface area contributed by atoms with E-state index in [-0.39, 0.29) is 47.1 Å². The summed E-state index contributed by atoms with van der Waals surface area (Å²) in [6, 6.07) is -0.517. The van der Waals surface area contributed by atoms with E-state index in [4.69, 9.17) is 4.74 Å². The van der Waals surface area contributed by atoms with Gasteiger partial charge in [0.1, 0.15) is 6.04 Å². The molecule has 4 fully saturated rings. The maximum atomic E-state index is 14.3. The van der Waals surface area contributed by atoms with Gasteiger partial charge < -0.3 is 19.6 Å². The van der Waals surface area contributed by atoms with Gasteiger partial charge in [-0.25, -0.2) is 0 Å². The molecule has 1 N–H and O–H groups in total. The predicted molar refractivity (Wildman–Crippen MR) is 140 cm³/mol. The van der Waals surface area contributed by atoms with Crippen molar-refractivity contribution < 1.29 is 24.2 Å². The molecule has 7 nitrogen and oxygen atoms in total. The normalized spacial score (nSPS) is 34.1. The first-order chi connectivity index (χ1) is 16.9. The number of thioether (sulfide) groups is 1. The van der Waals surface area contributed by atoms with E-state index in [0.29, 0.717) is 32.4 Å². The van der Waals surface area contributed by atoms with Crippen LogP contribution in [-0.4, -0.2) is 85.9 Å². The van der Waals surface area contributed by atoms with Gasteiger partial charge in [-0.1, -0.05) is 47.3 Å². The minimum Gasteiger partial charge on any atom is -0.465 e. The number of ether oxygens (including phenoxy) is 1. The van der Waals surface area contributed by atoms with Crippen LogP contribution in [-0.2, 0) is 19.1 Å². The molecule has 0 aromatic rings. The fourth-order valence-corrected chi connectivity index (χ4v) is 10.2. The van der Waals surface area contributed by atoms with Crippen LogP contribution in [0.4, 0.5) is 0 Å². The van der Waals surface area contributed by atoms with E-state index in [1.54, 1.807) is 28.8 Å². The number of nitrogens with zero attached hydrogens (tertiary/aromatic N) is 2. The Morgan fingerprint density at radius 1 is 1.26 bits per heavy atom. The number of carbonyl (C=O) groups is 3. The lowest BCUT2D eigenvalue weighted by atomic mass is 9.71. The smallest absolute Gasteiger partial charge is 0.310 e. The Bertz CT molecular complexity index is 850. The Morgan fingerprint density at radius 3 is 2.66 bits per heavy atom. The van der Waals surface area contributed by atoms with Crippen LogP contribution in [0.25, 0.3) is 0 Å². The molecular weight excluding hydrogens is 532 g/mol. The number of halogens is 1. The second-order valence-corrected chi connectivity index (χ2v) is 12.8. The third-order valence-electron chi connectivity index (χ3n) is 8.04. The third-order valence-corrected chi connectivity index (χ3v) is 11.3. The number of aliphatic hydroxyl groups excluding tert-OH is 1. The van der Waals surface area contributed by atoms with Crippen LogP contribution in [0.3, 0.4) is 0 Å². The summed E-state index contributed by atoms with van der Waals surface area (Å²) in [5.74, 6) is -1.74. The van der Waals surface area contributed by atoms with E-state index in [1.165, 1.54) is 6.42 Å². The van der Waals surface area contributed by atoms with Gasteiger partial charge >= 0.3 is 5.97 Å². The number of alkyl halides is 1. The number of likely N-dealkylation sites (tertiary alicyclic amines) is 1. The zero-order chi connectivity index (χ0) is 25.2. The van der Waals surface area contributed by atoms with Crippen molar-refractivity contribution in [3.63, 3.8) is 0 Å². The number of rotatable bonds is 11. The highest BCUT2D eigenvalue weighted by atomic mass is 79.9. The van der Waals surface area contributed by atoms with E-state index in [2.05, 4.69) is 29.1 Å². The van der Waals surface area contributed by atoms with Gasteiger partial charge in [0.2, 0.25) is 11.8 Å². The van der Waals surface area contributed by atoms with Gasteiger partial charge in [0, 0.05) is 35.8 Å². The quantitative estimate of drug-likeness (QED) is 0.178. The second kappa shape index (κ2) is 11.4. The van der Waals surface area contributed by atoms with Crippen LogP contribution >= 0.6 is 27.7 Å². The summed E-state index contributed by atoms with van der Waals surface area (Å²) in [7, 11) is 0. The SMILES string of the molecule is C=CCCOC(=O)[C@H]1[C@H]2C(=O)N(CCCO)C(C(=O)N(CC=C)C3CCCCC3)C23CC(Br)[C@@H]1S3. The maximum absolute atomic E-state index is 14.3. The summed E-state index contributed by atoms with van der Waals surface area (Å²) in [5, 5.41) is 9.42. The first-order valence-electron chi connectivity index (χ1n) is 12.8. The summed E-state index contributed by atoms with van der Waals surface area (Å²) in [6.45, 7) is 8.49. The first-order valence-corrected chi connectivity index (χ1v) is 14.6. The standard InChI is InChI=1S/C26H37BrN2O5S/c1-3-5-15-34-25(33)19-20-23(31)29(13-9-14-30)22(26(20)16-18(27)21(19)35-26)24(32)28(12-4-2)17-10-7-6-8-11-17/h3-4,17-22,30H,1-2,5-16H2/t18?,19-,20-,21-,22?,26?/m0/s1. The number of amides is 2. The van der Waals surface area contributed by atoms with Crippen molar-refractivity contribution in [2.75, 3.05) is 26.3 Å². The van der Waals surface area contributed by atoms with Crippen molar-refractivity contribution in [3.05, 3.63) is 25.3 Å². The molecule has 3 aliphatic heterocycles. The molecule has 1 saturated carbocycles. The van der Waals surface area contributed by atoms with Crippen LogP contribution < -0.4 is 0 Å². The third kappa shape index (κ3) is 4.73. The predicted octanol–water partition coefficient (Wildman–Crippen LogP) is 3.30. The summed E-state index contributed by atoms with van der Waals surface area (Å²) < 4.78 is 4.87. The number of aliphatic hydroxyl groups is 1. The lowest BCUT2D eigenvalue weighted by Crippen LogP contribution is -2.57. The van der Waals surface area contributed by atoms with Gasteiger partial charge in [-0.2, -0.15) is 0 Å². The monoisotopic (exact) mass is 568 g/mol. The van der Waals surface area contributed by atoms with Crippen LogP contribution in [0.2, 0.25) is 0 Å². The Labute approximate surface area is 220 Å². The molecule has 0 aromatic carbocycles. The van der Waals surface area contributed by atoms with Gasteiger partial charge in [0.05, 0.1) is 23.2 Å². The molecule has 35 heavy (non-hydrogen) atoms. The summed E-state index contributed by atoms with van der Waals surface area (Å²) >= 11 is 5.40. The van der Waals surface area contributed by atoms with Gasteiger partial charge in [-0.15, -0.1) is 24.9 Å². The van der Waals surface area contributed by atoms with Gasteiger partial charge in [-0.05, 0) is 32.1 Å². The Morgan fingerprint density at radius 2 is 2.00 bits per heavy atom. The van der Waals surface area contributed by atoms with Crippen LogP contribution in [0.15, 0.2) is 25.3 Å². The average molecular weight is 570 g/mol. The molecule has 9 heteroatoms. The number of carbonyl (C=O) groups excluding carboxylic acids is 3. The van der Waals surface area contributed by atoms with E-state index in [1.807, 2.05) is 4.90 Å². The van der Waals surface area contributed by atoms with Crippen molar-refractivity contribution in [3.8, 4) is 0 Å². The highest BCUT2D eigenvalue weighted by Gasteiger charge is 2.76. The molecular formula is C26H37BrN2O5S. The van der Waals surface area contributed by atoms with Crippen molar-refractivity contribution in [2.24, 2.45) is 11.8 Å². The minimum absolute atomic E-state index is 0.0177. The zero-order valence-corrected chi connectivity index (χ0v) is 22.7. The Balaban J connectivity index is 1.69. The number of hydrogen-bond donors (Lipinski definition) is 1. The van der Waals surface area contributed by atoms with Crippen molar-refractivity contribution in [2.45, 2.75) is 78.3 Å². The van der Waals surface area contributed by atoms with Crippen molar-refractivity contribution in [1.29, 1.82) is 0 Å². The van der Waals surface area contributed by atoms with Crippen molar-refractivity contribution in [1.82, 2.24) is 9.80 Å². The lowest BCUT2D eigenvalue weighted by Gasteiger charge is -2.41. The number of fused-ring (bicyclic) bond motifs is 1. The van der Waals surface area contributed by atoms with Crippen molar-refractivity contribution >= 4 is 45.5 Å². The van der Waals surface area contributed by atoms with Crippen LogP contribution in [0.5, 0.6) is 0 Å². The molecule has 1 aliphatic carbocycles. The highest BCUT2D eigenvalue weighted by molar-refractivity contribution is 9.09. The average Bonchev–Trinajstić information content (AvgIpc) is 3.44. The molecule has 3 unspecified atom stereocenters.